The number of amides is 1. The average Bonchev–Trinajstić information content (AvgIpc) is 3.39. The fourth-order valence-electron chi connectivity index (χ4n) is 4.39. The van der Waals surface area contributed by atoms with Gasteiger partial charge in [-0.3, -0.25) is 9.69 Å². The molecule has 2 heterocycles. The fraction of sp³-hybridized carbons (Fsp3) is 0.458. The smallest absolute Gasteiger partial charge is 0.251 e. The minimum Gasteiger partial charge on any atom is -0.497 e. The normalized spacial score (nSPS) is 18.7. The van der Waals surface area contributed by atoms with E-state index < -0.39 is 10.0 Å². The third-order valence-corrected chi connectivity index (χ3v) is 8.11. The van der Waals surface area contributed by atoms with Crippen molar-refractivity contribution in [2.45, 2.75) is 23.8 Å². The summed E-state index contributed by atoms with van der Waals surface area (Å²) in [4.78, 5) is 15.5. The average molecular weight is 474 g/mol. The SMILES string of the molecule is COc1cccc(C(CNC(=O)c2cccc(S(=O)(=O)N3CCOCC3)c2)N2CCCC2)c1. The van der Waals surface area contributed by atoms with Crippen molar-refractivity contribution in [3.63, 3.8) is 0 Å². The summed E-state index contributed by atoms with van der Waals surface area (Å²) >= 11 is 0. The van der Waals surface area contributed by atoms with Gasteiger partial charge in [-0.2, -0.15) is 4.31 Å². The molecule has 0 saturated carbocycles. The molecule has 1 amide bonds. The summed E-state index contributed by atoms with van der Waals surface area (Å²) < 4.78 is 38.0. The first-order valence-electron chi connectivity index (χ1n) is 11.3. The zero-order valence-corrected chi connectivity index (χ0v) is 19.7. The maximum Gasteiger partial charge on any atom is 0.251 e. The van der Waals surface area contributed by atoms with Crippen molar-refractivity contribution < 1.29 is 22.7 Å². The molecule has 33 heavy (non-hydrogen) atoms. The van der Waals surface area contributed by atoms with Gasteiger partial charge in [-0.25, -0.2) is 8.42 Å². The molecule has 2 aromatic rings. The summed E-state index contributed by atoms with van der Waals surface area (Å²) in [7, 11) is -2.02. The first-order valence-corrected chi connectivity index (χ1v) is 12.8. The van der Waals surface area contributed by atoms with Crippen LogP contribution in [0.1, 0.15) is 34.8 Å². The van der Waals surface area contributed by atoms with Crippen LogP contribution >= 0.6 is 0 Å². The number of benzene rings is 2. The van der Waals surface area contributed by atoms with Crippen LogP contribution in [0, 0.1) is 0 Å². The van der Waals surface area contributed by atoms with Crippen LogP contribution in [0.5, 0.6) is 5.75 Å². The second-order valence-electron chi connectivity index (χ2n) is 8.29. The van der Waals surface area contributed by atoms with E-state index in [1.807, 2.05) is 24.3 Å². The Balaban J connectivity index is 1.49. The summed E-state index contributed by atoms with van der Waals surface area (Å²) in [5, 5.41) is 3.02. The molecule has 0 aromatic heterocycles. The molecule has 2 aliphatic heterocycles. The number of morpholine rings is 1. The number of nitrogens with zero attached hydrogens (tertiary/aromatic N) is 2. The lowest BCUT2D eigenvalue weighted by Gasteiger charge is -2.28. The van der Waals surface area contributed by atoms with Crippen LogP contribution in [0.2, 0.25) is 0 Å². The molecule has 178 valence electrons. The van der Waals surface area contributed by atoms with E-state index in [1.54, 1.807) is 19.2 Å². The van der Waals surface area contributed by atoms with Crippen LogP contribution in [-0.2, 0) is 14.8 Å². The third-order valence-electron chi connectivity index (χ3n) is 6.22. The van der Waals surface area contributed by atoms with Gasteiger partial charge in [0.05, 0.1) is 31.3 Å². The zero-order chi connectivity index (χ0) is 23.3. The van der Waals surface area contributed by atoms with Crippen molar-refractivity contribution in [3.8, 4) is 5.75 Å². The quantitative estimate of drug-likeness (QED) is 0.633. The number of likely N-dealkylation sites (tertiary alicyclic amines) is 1. The highest BCUT2D eigenvalue weighted by atomic mass is 32.2. The molecule has 2 saturated heterocycles. The third kappa shape index (κ3) is 5.55. The Morgan fingerprint density at radius 2 is 1.79 bits per heavy atom. The molecule has 0 spiro atoms. The molecule has 9 heteroatoms. The summed E-state index contributed by atoms with van der Waals surface area (Å²) in [5.74, 6) is 0.491. The Hall–Kier alpha value is -2.46. The van der Waals surface area contributed by atoms with E-state index in [4.69, 9.17) is 9.47 Å². The van der Waals surface area contributed by atoms with Gasteiger partial charge in [0.1, 0.15) is 5.75 Å². The Morgan fingerprint density at radius 1 is 1.06 bits per heavy atom. The number of hydrogen-bond acceptors (Lipinski definition) is 6. The van der Waals surface area contributed by atoms with Crippen LogP contribution < -0.4 is 10.1 Å². The second kappa shape index (κ2) is 10.6. The van der Waals surface area contributed by atoms with E-state index in [1.165, 1.54) is 16.4 Å². The highest BCUT2D eigenvalue weighted by Gasteiger charge is 2.28. The van der Waals surface area contributed by atoms with Gasteiger partial charge in [-0.1, -0.05) is 18.2 Å². The van der Waals surface area contributed by atoms with Gasteiger partial charge < -0.3 is 14.8 Å². The number of methoxy groups -OCH3 is 1. The van der Waals surface area contributed by atoms with E-state index in [0.29, 0.717) is 38.4 Å². The van der Waals surface area contributed by atoms with Crippen molar-refractivity contribution in [2.75, 3.05) is 53.0 Å². The monoisotopic (exact) mass is 473 g/mol. The van der Waals surface area contributed by atoms with Crippen LogP contribution in [0.4, 0.5) is 0 Å². The number of carbonyl (C=O) groups excluding carboxylic acids is 1. The van der Waals surface area contributed by atoms with E-state index in [2.05, 4.69) is 10.2 Å². The largest absolute Gasteiger partial charge is 0.497 e. The van der Waals surface area contributed by atoms with Crippen LogP contribution in [0.25, 0.3) is 0 Å². The van der Waals surface area contributed by atoms with E-state index in [9.17, 15) is 13.2 Å². The van der Waals surface area contributed by atoms with Crippen LogP contribution in [-0.4, -0.2) is 76.6 Å². The zero-order valence-electron chi connectivity index (χ0n) is 18.9. The summed E-state index contributed by atoms with van der Waals surface area (Å²) in [6, 6.07) is 14.2. The molecule has 1 unspecified atom stereocenters. The highest BCUT2D eigenvalue weighted by Crippen LogP contribution is 2.27. The minimum atomic E-state index is -3.66. The first-order chi connectivity index (χ1) is 16.0. The Bertz CT molecular complexity index is 1060. The fourth-order valence-corrected chi connectivity index (χ4v) is 5.84. The minimum absolute atomic E-state index is 0.0202. The number of nitrogens with one attached hydrogen (secondary N) is 1. The standard InChI is InChI=1S/C24H31N3O5S/c1-31-21-8-4-6-19(16-21)23(26-10-2-3-11-26)18-25-24(28)20-7-5-9-22(17-20)33(29,30)27-12-14-32-15-13-27/h4-9,16-17,23H,2-3,10-15,18H2,1H3,(H,25,28). The number of hydrogen-bond donors (Lipinski definition) is 1. The van der Waals surface area contributed by atoms with E-state index in [0.717, 1.165) is 37.2 Å². The molecule has 4 rings (SSSR count). The number of sulfonamides is 1. The Kier molecular flexibility index (Phi) is 7.64. The summed E-state index contributed by atoms with van der Waals surface area (Å²) in [5.41, 5.74) is 1.41. The maximum atomic E-state index is 13.0. The Morgan fingerprint density at radius 3 is 2.52 bits per heavy atom. The van der Waals surface area contributed by atoms with E-state index in [-0.39, 0.29) is 16.8 Å². The van der Waals surface area contributed by atoms with Crippen molar-refractivity contribution in [1.29, 1.82) is 0 Å². The predicted octanol–water partition coefficient (Wildman–Crippen LogP) is 2.28. The van der Waals surface area contributed by atoms with Crippen molar-refractivity contribution in [2.24, 2.45) is 0 Å². The molecule has 2 aliphatic rings. The first kappa shape index (κ1) is 23.7. The molecule has 0 radical (unpaired) electrons. The molecular weight excluding hydrogens is 442 g/mol. The Labute approximate surface area is 195 Å². The van der Waals surface area contributed by atoms with Crippen LogP contribution in [0.15, 0.2) is 53.4 Å². The van der Waals surface area contributed by atoms with Crippen LogP contribution in [0.3, 0.4) is 0 Å². The van der Waals surface area contributed by atoms with Gasteiger partial charge in [0.2, 0.25) is 10.0 Å². The lowest BCUT2D eigenvalue weighted by atomic mass is 10.0. The van der Waals surface area contributed by atoms with Gasteiger partial charge in [0.25, 0.3) is 5.91 Å². The van der Waals surface area contributed by atoms with E-state index >= 15 is 0 Å². The van der Waals surface area contributed by atoms with Gasteiger partial charge in [0, 0.05) is 25.2 Å². The van der Waals surface area contributed by atoms with Gasteiger partial charge in [-0.15, -0.1) is 0 Å². The van der Waals surface area contributed by atoms with Gasteiger partial charge in [-0.05, 0) is 61.8 Å². The number of ether oxygens (including phenoxy) is 2. The molecule has 2 aromatic carbocycles. The summed E-state index contributed by atoms with van der Waals surface area (Å²) in [6.45, 7) is 3.76. The van der Waals surface area contributed by atoms with Gasteiger partial charge >= 0.3 is 0 Å². The van der Waals surface area contributed by atoms with Crippen molar-refractivity contribution in [1.82, 2.24) is 14.5 Å². The number of rotatable bonds is 8. The molecule has 2 fully saturated rings. The lowest BCUT2D eigenvalue weighted by molar-refractivity contribution is 0.0730. The lowest BCUT2D eigenvalue weighted by Crippen LogP contribution is -2.40. The predicted molar refractivity (Wildman–Crippen MR) is 125 cm³/mol. The molecule has 1 atom stereocenters. The second-order valence-corrected chi connectivity index (χ2v) is 10.2. The topological polar surface area (TPSA) is 88.2 Å². The highest BCUT2D eigenvalue weighted by molar-refractivity contribution is 7.89. The molecule has 0 aliphatic carbocycles. The van der Waals surface area contributed by atoms with Gasteiger partial charge in [0.15, 0.2) is 0 Å². The van der Waals surface area contributed by atoms with Crippen molar-refractivity contribution >= 4 is 15.9 Å². The molecular formula is C24H31N3O5S. The molecule has 1 N–H and O–H groups in total. The molecule has 0 bridgehead atoms. The maximum absolute atomic E-state index is 13.0. The summed E-state index contributed by atoms with van der Waals surface area (Å²) in [6.07, 6.45) is 2.27. The number of carbonyl (C=O) groups is 1. The molecule has 8 nitrogen and oxygen atoms in total. The van der Waals surface area contributed by atoms with Crippen molar-refractivity contribution in [3.05, 3.63) is 59.7 Å².